The molecule has 7 heteroatoms. The largest absolute Gasteiger partial charge is 0.493 e. The molecule has 1 aromatic heterocycles. The number of methoxy groups -OCH3 is 2. The summed E-state index contributed by atoms with van der Waals surface area (Å²) in [6.45, 7) is 5.49. The van der Waals surface area contributed by atoms with Gasteiger partial charge in [-0.25, -0.2) is 0 Å². The molecule has 1 aromatic carbocycles. The smallest absolute Gasteiger partial charge is 0.220 e. The SMILES string of the molecule is COc1ccc(CCC(=O)NCC(c2ccc(C)o2)N2CCOCC2)cc1OC. The molecule has 1 saturated heterocycles. The summed E-state index contributed by atoms with van der Waals surface area (Å²) in [6.07, 6.45) is 1.04. The van der Waals surface area contributed by atoms with Crippen LogP contribution in [0.3, 0.4) is 0 Å². The predicted octanol–water partition coefficient (Wildman–Crippen LogP) is 2.73. The molecular formula is C22H30N2O5. The summed E-state index contributed by atoms with van der Waals surface area (Å²) >= 11 is 0. The minimum Gasteiger partial charge on any atom is -0.493 e. The van der Waals surface area contributed by atoms with Crippen LogP contribution in [0.25, 0.3) is 0 Å². The van der Waals surface area contributed by atoms with E-state index in [2.05, 4.69) is 10.2 Å². The molecule has 29 heavy (non-hydrogen) atoms. The summed E-state index contributed by atoms with van der Waals surface area (Å²) in [5, 5.41) is 3.07. The summed E-state index contributed by atoms with van der Waals surface area (Å²) in [4.78, 5) is 14.8. The van der Waals surface area contributed by atoms with Crippen LogP contribution in [0.2, 0.25) is 0 Å². The Labute approximate surface area is 171 Å². The molecule has 1 N–H and O–H groups in total. The zero-order chi connectivity index (χ0) is 20.6. The lowest BCUT2D eigenvalue weighted by molar-refractivity contribution is -0.121. The number of furan rings is 1. The number of nitrogens with one attached hydrogen (secondary N) is 1. The van der Waals surface area contributed by atoms with E-state index in [1.54, 1.807) is 14.2 Å². The van der Waals surface area contributed by atoms with Crippen molar-refractivity contribution in [2.24, 2.45) is 0 Å². The predicted molar refractivity (Wildman–Crippen MR) is 109 cm³/mol. The van der Waals surface area contributed by atoms with E-state index in [4.69, 9.17) is 18.6 Å². The molecule has 1 aliphatic heterocycles. The number of amides is 1. The number of hydrogen-bond acceptors (Lipinski definition) is 6. The number of rotatable bonds is 9. The van der Waals surface area contributed by atoms with Gasteiger partial charge in [-0.2, -0.15) is 0 Å². The average molecular weight is 402 g/mol. The monoisotopic (exact) mass is 402 g/mol. The van der Waals surface area contributed by atoms with Crippen molar-refractivity contribution in [3.05, 3.63) is 47.4 Å². The number of hydrogen-bond donors (Lipinski definition) is 1. The van der Waals surface area contributed by atoms with Gasteiger partial charge in [-0.1, -0.05) is 6.07 Å². The Morgan fingerprint density at radius 1 is 1.14 bits per heavy atom. The minimum absolute atomic E-state index is 0.0117. The molecule has 1 unspecified atom stereocenters. The molecule has 0 radical (unpaired) electrons. The lowest BCUT2D eigenvalue weighted by atomic mass is 10.1. The van der Waals surface area contributed by atoms with Crippen LogP contribution in [-0.4, -0.2) is 57.9 Å². The maximum absolute atomic E-state index is 12.5. The van der Waals surface area contributed by atoms with Crippen LogP contribution in [-0.2, 0) is 16.0 Å². The zero-order valence-electron chi connectivity index (χ0n) is 17.4. The summed E-state index contributed by atoms with van der Waals surface area (Å²) in [5.74, 6) is 3.12. The number of morpholine rings is 1. The maximum atomic E-state index is 12.5. The van der Waals surface area contributed by atoms with Gasteiger partial charge >= 0.3 is 0 Å². The van der Waals surface area contributed by atoms with Gasteiger partial charge < -0.3 is 23.9 Å². The summed E-state index contributed by atoms with van der Waals surface area (Å²) in [7, 11) is 3.22. The van der Waals surface area contributed by atoms with E-state index < -0.39 is 0 Å². The van der Waals surface area contributed by atoms with Crippen LogP contribution >= 0.6 is 0 Å². The summed E-state index contributed by atoms with van der Waals surface area (Å²) < 4.78 is 21.9. The molecule has 1 amide bonds. The fourth-order valence-electron chi connectivity index (χ4n) is 3.52. The number of carbonyl (C=O) groups excluding carboxylic acids is 1. The van der Waals surface area contributed by atoms with E-state index in [1.807, 2.05) is 37.3 Å². The second kappa shape index (κ2) is 10.3. The normalized spacial score (nSPS) is 15.7. The van der Waals surface area contributed by atoms with Crippen LogP contribution in [0, 0.1) is 6.92 Å². The Morgan fingerprint density at radius 2 is 1.90 bits per heavy atom. The fraction of sp³-hybridized carbons (Fsp3) is 0.500. The topological polar surface area (TPSA) is 73.2 Å². The number of carbonyl (C=O) groups is 1. The highest BCUT2D eigenvalue weighted by atomic mass is 16.5. The lowest BCUT2D eigenvalue weighted by Crippen LogP contribution is -2.43. The van der Waals surface area contributed by atoms with Crippen molar-refractivity contribution in [1.29, 1.82) is 0 Å². The van der Waals surface area contributed by atoms with Crippen molar-refractivity contribution in [2.45, 2.75) is 25.8 Å². The second-order valence-electron chi connectivity index (χ2n) is 7.11. The Balaban J connectivity index is 1.56. The van der Waals surface area contributed by atoms with Gasteiger partial charge in [0.05, 0.1) is 33.5 Å². The van der Waals surface area contributed by atoms with E-state index in [9.17, 15) is 4.79 Å². The van der Waals surface area contributed by atoms with Gasteiger partial charge in [0.1, 0.15) is 11.5 Å². The molecule has 7 nitrogen and oxygen atoms in total. The van der Waals surface area contributed by atoms with E-state index in [1.165, 1.54) is 0 Å². The van der Waals surface area contributed by atoms with Crippen molar-refractivity contribution < 1.29 is 23.4 Å². The first-order valence-corrected chi connectivity index (χ1v) is 9.96. The van der Waals surface area contributed by atoms with E-state index in [0.717, 1.165) is 30.2 Å². The third-order valence-corrected chi connectivity index (χ3v) is 5.16. The number of ether oxygens (including phenoxy) is 3. The zero-order valence-corrected chi connectivity index (χ0v) is 17.4. The molecule has 0 spiro atoms. The van der Waals surface area contributed by atoms with Crippen LogP contribution in [0.1, 0.15) is 29.5 Å². The van der Waals surface area contributed by atoms with Gasteiger partial charge in [-0.15, -0.1) is 0 Å². The molecule has 158 valence electrons. The Kier molecular flexibility index (Phi) is 7.55. The maximum Gasteiger partial charge on any atom is 0.220 e. The van der Waals surface area contributed by atoms with Gasteiger partial charge in [0, 0.05) is 26.1 Å². The Bertz CT molecular complexity index is 798. The van der Waals surface area contributed by atoms with E-state index >= 15 is 0 Å². The second-order valence-corrected chi connectivity index (χ2v) is 7.11. The molecule has 1 fully saturated rings. The first-order valence-electron chi connectivity index (χ1n) is 9.96. The Hall–Kier alpha value is -2.51. The molecule has 2 aromatic rings. The molecule has 0 bridgehead atoms. The highest BCUT2D eigenvalue weighted by molar-refractivity contribution is 5.76. The van der Waals surface area contributed by atoms with Gasteiger partial charge in [0.25, 0.3) is 0 Å². The standard InChI is InChI=1S/C22H30N2O5/c1-16-4-7-19(29-16)18(24-10-12-28-13-11-24)15-23-22(25)9-6-17-5-8-20(26-2)21(14-17)27-3/h4-5,7-8,14,18H,6,9-13,15H2,1-3H3,(H,23,25). The van der Waals surface area contributed by atoms with E-state index in [-0.39, 0.29) is 11.9 Å². The van der Waals surface area contributed by atoms with E-state index in [0.29, 0.717) is 44.1 Å². The van der Waals surface area contributed by atoms with Gasteiger partial charge in [0.15, 0.2) is 11.5 Å². The molecule has 3 rings (SSSR count). The van der Waals surface area contributed by atoms with Crippen molar-refractivity contribution in [3.8, 4) is 11.5 Å². The molecule has 0 saturated carbocycles. The first-order chi connectivity index (χ1) is 14.1. The molecule has 1 aliphatic rings. The minimum atomic E-state index is 0.0117. The van der Waals surface area contributed by atoms with Gasteiger partial charge in [-0.3, -0.25) is 9.69 Å². The number of aryl methyl sites for hydroxylation is 2. The number of benzene rings is 1. The van der Waals surface area contributed by atoms with Gasteiger partial charge in [0.2, 0.25) is 5.91 Å². The molecule has 2 heterocycles. The van der Waals surface area contributed by atoms with Crippen molar-refractivity contribution in [3.63, 3.8) is 0 Å². The van der Waals surface area contributed by atoms with Crippen LogP contribution in [0.15, 0.2) is 34.7 Å². The van der Waals surface area contributed by atoms with Gasteiger partial charge in [-0.05, 0) is 43.2 Å². The van der Waals surface area contributed by atoms with Crippen LogP contribution in [0.4, 0.5) is 0 Å². The van der Waals surface area contributed by atoms with Crippen molar-refractivity contribution in [1.82, 2.24) is 10.2 Å². The quantitative estimate of drug-likeness (QED) is 0.695. The van der Waals surface area contributed by atoms with Crippen molar-refractivity contribution in [2.75, 3.05) is 47.1 Å². The summed E-state index contributed by atoms with van der Waals surface area (Å²) in [5.41, 5.74) is 1.03. The highest BCUT2D eigenvalue weighted by Gasteiger charge is 2.25. The van der Waals surface area contributed by atoms with Crippen LogP contribution in [0.5, 0.6) is 11.5 Å². The van der Waals surface area contributed by atoms with Crippen molar-refractivity contribution >= 4 is 5.91 Å². The highest BCUT2D eigenvalue weighted by Crippen LogP contribution is 2.28. The fourth-order valence-corrected chi connectivity index (χ4v) is 3.52. The molecule has 1 atom stereocenters. The molecule has 0 aliphatic carbocycles. The molecular weight excluding hydrogens is 372 g/mol. The third-order valence-electron chi connectivity index (χ3n) is 5.16. The lowest BCUT2D eigenvalue weighted by Gasteiger charge is -2.33. The van der Waals surface area contributed by atoms with Crippen LogP contribution < -0.4 is 14.8 Å². The summed E-state index contributed by atoms with van der Waals surface area (Å²) in [6, 6.07) is 9.69. The third kappa shape index (κ3) is 5.74. The average Bonchev–Trinajstić information content (AvgIpc) is 3.18. The number of nitrogens with zero attached hydrogens (tertiary/aromatic N) is 1. The Morgan fingerprint density at radius 3 is 2.55 bits per heavy atom. The first kappa shape index (κ1) is 21.2.